The number of benzene rings is 6. The zero-order valence-electron chi connectivity index (χ0n) is 34.4. The van der Waals surface area contributed by atoms with Crippen molar-refractivity contribution in [2.24, 2.45) is 10.8 Å². The van der Waals surface area contributed by atoms with Crippen molar-refractivity contribution < 1.29 is 17.1 Å². The maximum atomic E-state index is 2.52. The van der Waals surface area contributed by atoms with Gasteiger partial charge >= 0.3 is 0 Å². The average Bonchev–Trinajstić information content (AvgIpc) is 3.91. The molecule has 4 heteroatoms. The van der Waals surface area contributed by atoms with Gasteiger partial charge in [-0.1, -0.05) is 224 Å². The first-order valence-electron chi connectivity index (χ1n) is 19.9. The van der Waals surface area contributed by atoms with Crippen molar-refractivity contribution >= 4 is 55.6 Å². The summed E-state index contributed by atoms with van der Waals surface area (Å²) in [6.45, 7) is 13.8. The van der Waals surface area contributed by atoms with Gasteiger partial charge in [0.2, 0.25) is 0 Å². The molecule has 0 bridgehead atoms. The molecule has 2 fully saturated rings. The first-order chi connectivity index (χ1) is 27.6. The first kappa shape index (κ1) is 44.7. The number of hydrogen-bond donors (Lipinski definition) is 0. The van der Waals surface area contributed by atoms with Gasteiger partial charge in [-0.15, -0.1) is 0 Å². The molecule has 0 amide bonds. The number of hydrogen-bond acceptors (Lipinski definition) is 0. The molecule has 0 unspecified atom stereocenters. The van der Waals surface area contributed by atoms with E-state index < -0.39 is 23.8 Å². The molecule has 0 aliphatic heterocycles. The summed E-state index contributed by atoms with van der Waals surface area (Å²) >= 11 is 0. The second-order valence-electron chi connectivity index (χ2n) is 16.4. The van der Waals surface area contributed by atoms with Crippen molar-refractivity contribution in [3.63, 3.8) is 0 Å². The zero-order valence-corrected chi connectivity index (χ0v) is 38.2. The Labute approximate surface area is 365 Å². The van der Waals surface area contributed by atoms with Crippen molar-refractivity contribution in [3.05, 3.63) is 243 Å². The van der Waals surface area contributed by atoms with E-state index in [1.165, 1.54) is 60.6 Å². The van der Waals surface area contributed by atoms with Crippen molar-refractivity contribution in [2.45, 2.75) is 41.5 Å². The normalized spacial score (nSPS) is 16.1. The standard InChI is InChI=1S/C33H31P2.C21H22P.Fe/c1-33(2,3)26-24-31(34(27-16-8-4-9-17-27)28-18-10-5-11-19-28)32(25-26)35(29-20-12-6-13-21-29)30-22-14-7-15-23-30;1-21(2,3)17-14-15-20(16-17)22(18-10-6-4-7-11-18)19-12-8-5-9-13-19;/h4-25H,1-3H3;4-16H,1-3H3;. The molecular weight excluding hydrogens is 797 g/mol. The van der Waals surface area contributed by atoms with Crippen LogP contribution in [0.2, 0.25) is 0 Å². The van der Waals surface area contributed by atoms with Crippen LogP contribution in [-0.2, 0) is 17.1 Å². The summed E-state index contributed by atoms with van der Waals surface area (Å²) in [5.74, 6) is 2.84. The van der Waals surface area contributed by atoms with E-state index in [0.717, 1.165) is 0 Å². The Bertz CT molecular complexity index is 1850. The van der Waals surface area contributed by atoms with E-state index in [2.05, 4.69) is 256 Å². The molecule has 2 aliphatic rings. The Balaban J connectivity index is 0.000000213. The molecule has 0 atom stereocenters. The van der Waals surface area contributed by atoms with Crippen LogP contribution >= 0.6 is 23.8 Å². The van der Waals surface area contributed by atoms with Gasteiger partial charge in [0.05, 0.1) is 0 Å². The topological polar surface area (TPSA) is 0 Å². The quantitative estimate of drug-likeness (QED) is 0.100. The molecule has 0 nitrogen and oxygen atoms in total. The van der Waals surface area contributed by atoms with Gasteiger partial charge in [0, 0.05) is 34.0 Å². The Morgan fingerprint density at radius 3 is 0.793 bits per heavy atom. The third-order valence-corrected chi connectivity index (χ3v) is 17.7. The van der Waals surface area contributed by atoms with Crippen LogP contribution in [0.4, 0.5) is 0 Å². The fourth-order valence-corrected chi connectivity index (χ4v) is 14.7. The Hall–Kier alpha value is -2.87. The van der Waals surface area contributed by atoms with Crippen LogP contribution in [0.25, 0.3) is 0 Å². The summed E-state index contributed by atoms with van der Waals surface area (Å²) in [6, 6.07) is 66.1. The summed E-state index contributed by atoms with van der Waals surface area (Å²) in [7, 11) is -1.85. The van der Waals surface area contributed by atoms with E-state index in [9.17, 15) is 0 Å². The largest absolute Gasteiger partial charge is 0.0622 e. The minimum Gasteiger partial charge on any atom is -0.0622 e. The predicted molar refractivity (Wildman–Crippen MR) is 254 cm³/mol. The minimum atomic E-state index is -0.690. The third-order valence-electron chi connectivity index (χ3n) is 10.1. The molecule has 292 valence electrons. The van der Waals surface area contributed by atoms with Gasteiger partial charge in [-0.3, -0.25) is 0 Å². The maximum Gasteiger partial charge on any atom is 0.0251 e. The van der Waals surface area contributed by atoms with Crippen LogP contribution in [0.1, 0.15) is 41.5 Å². The molecule has 2 saturated carbocycles. The predicted octanol–water partition coefficient (Wildman–Crippen LogP) is 12.3. The summed E-state index contributed by atoms with van der Waals surface area (Å²) in [5.41, 5.74) is 4.70. The van der Waals surface area contributed by atoms with Crippen LogP contribution in [0.3, 0.4) is 0 Å². The van der Waals surface area contributed by atoms with Crippen LogP contribution < -0.4 is 31.8 Å². The molecule has 0 heterocycles. The molecule has 0 spiro atoms. The van der Waals surface area contributed by atoms with Gasteiger partial charge < -0.3 is 0 Å². The van der Waals surface area contributed by atoms with Gasteiger partial charge in [-0.2, -0.15) is 0 Å². The average molecular weight is 851 g/mol. The van der Waals surface area contributed by atoms with Crippen LogP contribution in [0, 0.1) is 71.7 Å². The van der Waals surface area contributed by atoms with E-state index in [1.54, 1.807) is 0 Å². The van der Waals surface area contributed by atoms with Crippen molar-refractivity contribution in [3.8, 4) is 0 Å². The molecular formula is C54H53FeP3. The molecule has 0 saturated heterocycles. The monoisotopic (exact) mass is 850 g/mol. The Morgan fingerprint density at radius 2 is 0.552 bits per heavy atom. The molecule has 10 radical (unpaired) electrons. The van der Waals surface area contributed by atoms with Gasteiger partial charge in [0.1, 0.15) is 0 Å². The van der Waals surface area contributed by atoms with Crippen molar-refractivity contribution in [2.75, 3.05) is 0 Å². The molecule has 8 rings (SSSR count). The van der Waals surface area contributed by atoms with E-state index >= 15 is 0 Å². The van der Waals surface area contributed by atoms with Gasteiger partial charge in [-0.05, 0) is 110 Å². The molecule has 0 N–H and O–H groups in total. The van der Waals surface area contributed by atoms with Gasteiger partial charge in [0.25, 0.3) is 0 Å². The van der Waals surface area contributed by atoms with E-state index in [-0.39, 0.29) is 27.9 Å². The summed E-state index contributed by atoms with van der Waals surface area (Å²) < 4.78 is 0. The fraction of sp³-hybridized carbons (Fsp3) is 0.148. The number of rotatable bonds is 9. The summed E-state index contributed by atoms with van der Waals surface area (Å²) in [5, 5.41) is 8.42. The van der Waals surface area contributed by atoms with Crippen LogP contribution in [0.15, 0.2) is 182 Å². The second kappa shape index (κ2) is 20.6. The SMILES string of the molecule is CC(C)(C)[C]1[CH][CH][C](P(c2ccccc2)c2ccccc2)[CH]1.CC(C)(C)[C]1[CH][C](P(c2ccccc2)c2ccccc2)[C](P(c2ccccc2)c2ccccc2)[CH]1.[Fe]. The second-order valence-corrected chi connectivity index (χ2v) is 23.0. The van der Waals surface area contributed by atoms with Crippen molar-refractivity contribution in [1.82, 2.24) is 0 Å². The van der Waals surface area contributed by atoms with E-state index in [1.807, 2.05) is 0 Å². The minimum absolute atomic E-state index is 0. The summed E-state index contributed by atoms with van der Waals surface area (Å²) in [6.07, 6.45) is 12.0. The van der Waals surface area contributed by atoms with Gasteiger partial charge in [0.15, 0.2) is 0 Å². The first-order valence-corrected chi connectivity index (χ1v) is 23.9. The smallest absolute Gasteiger partial charge is 0.0251 e. The molecule has 6 aromatic carbocycles. The Morgan fingerprint density at radius 1 is 0.293 bits per heavy atom. The zero-order chi connectivity index (χ0) is 39.8. The maximum absolute atomic E-state index is 2.52. The molecule has 2 aliphatic carbocycles. The van der Waals surface area contributed by atoms with E-state index in [0.29, 0.717) is 0 Å². The van der Waals surface area contributed by atoms with Crippen LogP contribution in [-0.4, -0.2) is 0 Å². The van der Waals surface area contributed by atoms with Gasteiger partial charge in [-0.25, -0.2) is 0 Å². The fourth-order valence-electron chi connectivity index (χ4n) is 7.08. The van der Waals surface area contributed by atoms with Crippen LogP contribution in [0.5, 0.6) is 0 Å². The van der Waals surface area contributed by atoms with E-state index in [4.69, 9.17) is 0 Å². The molecule has 0 aromatic heterocycles. The third kappa shape index (κ3) is 11.1. The molecule has 6 aromatic rings. The van der Waals surface area contributed by atoms with Crippen molar-refractivity contribution in [1.29, 1.82) is 0 Å². The molecule has 58 heavy (non-hydrogen) atoms. The summed E-state index contributed by atoms with van der Waals surface area (Å²) in [4.78, 5) is 0. The Kier molecular flexibility index (Phi) is 15.9.